The van der Waals surface area contributed by atoms with Gasteiger partial charge in [0, 0.05) is 22.2 Å². The normalized spacial score (nSPS) is 12.6. The number of carbonyl (C=O) groups excluding carboxylic acids is 1. The number of amides is 1. The Kier molecular flexibility index (Phi) is 4.20. The molecule has 1 aliphatic rings. The molecule has 1 aliphatic heterocycles. The molecule has 0 saturated carbocycles. The first-order valence-corrected chi connectivity index (χ1v) is 7.51. The second kappa shape index (κ2) is 6.27. The molecule has 0 atom stereocenters. The lowest BCUT2D eigenvalue weighted by Crippen LogP contribution is -2.17. The highest BCUT2D eigenvalue weighted by Gasteiger charge is 2.16. The number of hydrogen-bond acceptors (Lipinski definition) is 4. The SMILES string of the molecule is COc1cccc(C(=O)Nc2cc3c(cc2Br)OCCO3)c1. The number of benzene rings is 2. The third-order valence-electron chi connectivity index (χ3n) is 3.21. The molecule has 1 N–H and O–H groups in total. The summed E-state index contributed by atoms with van der Waals surface area (Å²) in [4.78, 5) is 12.3. The molecule has 114 valence electrons. The quantitative estimate of drug-likeness (QED) is 0.906. The van der Waals surface area contributed by atoms with E-state index in [-0.39, 0.29) is 5.91 Å². The summed E-state index contributed by atoms with van der Waals surface area (Å²) in [6.07, 6.45) is 0. The van der Waals surface area contributed by atoms with Crippen LogP contribution in [0, 0.1) is 0 Å². The lowest BCUT2D eigenvalue weighted by atomic mass is 10.2. The number of rotatable bonds is 3. The Morgan fingerprint density at radius 2 is 1.91 bits per heavy atom. The Bertz CT molecular complexity index is 717. The smallest absolute Gasteiger partial charge is 0.255 e. The third-order valence-corrected chi connectivity index (χ3v) is 3.87. The van der Waals surface area contributed by atoms with Gasteiger partial charge in [-0.2, -0.15) is 0 Å². The summed E-state index contributed by atoms with van der Waals surface area (Å²) >= 11 is 3.43. The molecule has 0 saturated heterocycles. The molecule has 0 spiro atoms. The number of ether oxygens (including phenoxy) is 3. The van der Waals surface area contributed by atoms with E-state index in [0.29, 0.717) is 41.7 Å². The Labute approximate surface area is 136 Å². The minimum atomic E-state index is -0.226. The average Bonchev–Trinajstić information content (AvgIpc) is 2.55. The topological polar surface area (TPSA) is 56.8 Å². The van der Waals surface area contributed by atoms with E-state index >= 15 is 0 Å². The Hall–Kier alpha value is -2.21. The maximum atomic E-state index is 12.3. The molecule has 0 unspecified atom stereocenters. The van der Waals surface area contributed by atoms with Crippen molar-refractivity contribution in [2.75, 3.05) is 25.6 Å². The van der Waals surface area contributed by atoms with Crippen molar-refractivity contribution in [3.63, 3.8) is 0 Å². The summed E-state index contributed by atoms with van der Waals surface area (Å²) in [6.45, 7) is 1.02. The van der Waals surface area contributed by atoms with Gasteiger partial charge in [0.15, 0.2) is 11.5 Å². The van der Waals surface area contributed by atoms with Crippen molar-refractivity contribution in [1.82, 2.24) is 0 Å². The van der Waals surface area contributed by atoms with E-state index in [1.807, 2.05) is 0 Å². The minimum Gasteiger partial charge on any atom is -0.497 e. The van der Waals surface area contributed by atoms with Gasteiger partial charge >= 0.3 is 0 Å². The van der Waals surface area contributed by atoms with E-state index in [1.165, 1.54) is 0 Å². The van der Waals surface area contributed by atoms with Gasteiger partial charge < -0.3 is 19.5 Å². The molecule has 2 aromatic rings. The molecule has 5 nitrogen and oxygen atoms in total. The van der Waals surface area contributed by atoms with Crippen LogP contribution in [0.3, 0.4) is 0 Å². The van der Waals surface area contributed by atoms with Crippen LogP contribution in [0.1, 0.15) is 10.4 Å². The largest absolute Gasteiger partial charge is 0.497 e. The molecule has 1 amide bonds. The lowest BCUT2D eigenvalue weighted by Gasteiger charge is -2.20. The summed E-state index contributed by atoms with van der Waals surface area (Å²) in [5, 5.41) is 2.85. The first-order chi connectivity index (χ1) is 10.7. The van der Waals surface area contributed by atoms with Crippen LogP contribution in [0.4, 0.5) is 5.69 Å². The van der Waals surface area contributed by atoms with Crippen LogP contribution in [0.5, 0.6) is 17.2 Å². The summed E-state index contributed by atoms with van der Waals surface area (Å²) in [5.41, 5.74) is 1.14. The van der Waals surface area contributed by atoms with Crippen molar-refractivity contribution in [2.45, 2.75) is 0 Å². The van der Waals surface area contributed by atoms with Crippen molar-refractivity contribution >= 4 is 27.5 Å². The fourth-order valence-electron chi connectivity index (χ4n) is 2.12. The lowest BCUT2D eigenvalue weighted by molar-refractivity contribution is 0.102. The minimum absolute atomic E-state index is 0.226. The predicted octanol–water partition coefficient (Wildman–Crippen LogP) is 3.48. The van der Waals surface area contributed by atoms with E-state index in [0.717, 1.165) is 4.47 Å². The van der Waals surface area contributed by atoms with Crippen molar-refractivity contribution in [3.05, 3.63) is 46.4 Å². The van der Waals surface area contributed by atoms with Gasteiger partial charge in [-0.1, -0.05) is 6.07 Å². The highest BCUT2D eigenvalue weighted by molar-refractivity contribution is 9.10. The van der Waals surface area contributed by atoms with Gasteiger partial charge in [0.2, 0.25) is 0 Å². The van der Waals surface area contributed by atoms with Crippen LogP contribution in [-0.4, -0.2) is 26.2 Å². The number of anilines is 1. The molecule has 2 aromatic carbocycles. The van der Waals surface area contributed by atoms with Crippen molar-refractivity contribution < 1.29 is 19.0 Å². The monoisotopic (exact) mass is 363 g/mol. The fraction of sp³-hybridized carbons (Fsp3) is 0.188. The molecule has 0 aliphatic carbocycles. The first-order valence-electron chi connectivity index (χ1n) is 6.72. The predicted molar refractivity (Wildman–Crippen MR) is 86.1 cm³/mol. The molecule has 3 rings (SSSR count). The van der Waals surface area contributed by atoms with Gasteiger partial charge in [-0.15, -0.1) is 0 Å². The zero-order valence-electron chi connectivity index (χ0n) is 11.9. The van der Waals surface area contributed by atoms with Crippen LogP contribution in [0.25, 0.3) is 0 Å². The second-order valence-corrected chi connectivity index (χ2v) is 5.52. The van der Waals surface area contributed by atoms with Crippen LogP contribution in [-0.2, 0) is 0 Å². The highest BCUT2D eigenvalue weighted by Crippen LogP contribution is 2.38. The van der Waals surface area contributed by atoms with E-state index in [9.17, 15) is 4.79 Å². The van der Waals surface area contributed by atoms with Crippen molar-refractivity contribution in [2.24, 2.45) is 0 Å². The number of fused-ring (bicyclic) bond motifs is 1. The fourth-order valence-corrected chi connectivity index (χ4v) is 2.54. The Balaban J connectivity index is 1.84. The Morgan fingerprint density at radius 3 is 2.64 bits per heavy atom. The molecular weight excluding hydrogens is 350 g/mol. The number of halogens is 1. The summed E-state index contributed by atoms with van der Waals surface area (Å²) in [6, 6.07) is 10.5. The van der Waals surface area contributed by atoms with Crippen LogP contribution >= 0.6 is 15.9 Å². The number of methoxy groups -OCH3 is 1. The number of hydrogen-bond donors (Lipinski definition) is 1. The van der Waals surface area contributed by atoms with E-state index in [4.69, 9.17) is 14.2 Å². The molecule has 6 heteroatoms. The van der Waals surface area contributed by atoms with Crippen LogP contribution in [0.2, 0.25) is 0 Å². The third kappa shape index (κ3) is 3.01. The zero-order valence-corrected chi connectivity index (χ0v) is 13.5. The van der Waals surface area contributed by atoms with Gasteiger partial charge in [-0.25, -0.2) is 0 Å². The zero-order chi connectivity index (χ0) is 15.5. The molecule has 0 bridgehead atoms. The van der Waals surface area contributed by atoms with E-state index in [1.54, 1.807) is 43.5 Å². The summed E-state index contributed by atoms with van der Waals surface area (Å²) in [7, 11) is 1.56. The van der Waals surface area contributed by atoms with Crippen molar-refractivity contribution in [1.29, 1.82) is 0 Å². The first kappa shape index (κ1) is 14.7. The van der Waals surface area contributed by atoms with Crippen molar-refractivity contribution in [3.8, 4) is 17.2 Å². The second-order valence-electron chi connectivity index (χ2n) is 4.66. The van der Waals surface area contributed by atoms with Gasteiger partial charge in [0.05, 0.1) is 12.8 Å². The summed E-state index contributed by atoms with van der Waals surface area (Å²) < 4.78 is 16.9. The Morgan fingerprint density at radius 1 is 1.18 bits per heavy atom. The van der Waals surface area contributed by atoms with Crippen LogP contribution < -0.4 is 19.5 Å². The van der Waals surface area contributed by atoms with Crippen LogP contribution in [0.15, 0.2) is 40.9 Å². The van der Waals surface area contributed by atoms with E-state index < -0.39 is 0 Å². The maximum Gasteiger partial charge on any atom is 0.255 e. The highest BCUT2D eigenvalue weighted by atomic mass is 79.9. The number of nitrogens with one attached hydrogen (secondary N) is 1. The van der Waals surface area contributed by atoms with Gasteiger partial charge in [0.1, 0.15) is 19.0 Å². The molecule has 0 radical (unpaired) electrons. The van der Waals surface area contributed by atoms with Gasteiger partial charge in [0.25, 0.3) is 5.91 Å². The molecule has 0 fully saturated rings. The van der Waals surface area contributed by atoms with Gasteiger partial charge in [-0.3, -0.25) is 4.79 Å². The van der Waals surface area contributed by atoms with E-state index in [2.05, 4.69) is 21.2 Å². The number of carbonyl (C=O) groups is 1. The summed E-state index contributed by atoms with van der Waals surface area (Å²) in [5.74, 6) is 1.69. The molecule has 1 heterocycles. The maximum absolute atomic E-state index is 12.3. The molecule has 0 aromatic heterocycles. The van der Waals surface area contributed by atoms with Gasteiger partial charge in [-0.05, 0) is 34.1 Å². The molecule has 22 heavy (non-hydrogen) atoms. The average molecular weight is 364 g/mol. The molecular formula is C16H14BrNO4. The standard InChI is InChI=1S/C16H14BrNO4/c1-20-11-4-2-3-10(7-11)16(19)18-13-9-15-14(8-12(13)17)21-5-6-22-15/h2-4,7-9H,5-6H2,1H3,(H,18,19).